The van der Waals surface area contributed by atoms with E-state index in [0.29, 0.717) is 44.2 Å². The Morgan fingerprint density at radius 2 is 1.80 bits per heavy atom. The van der Waals surface area contributed by atoms with Crippen LogP contribution in [0.1, 0.15) is 39.0 Å². The molecule has 12 nitrogen and oxygen atoms in total. The van der Waals surface area contributed by atoms with Crippen LogP contribution in [0.5, 0.6) is 0 Å². The Hall–Kier alpha value is -3.71. The second-order valence-corrected chi connectivity index (χ2v) is 12.2. The monoisotopic (exact) mass is 572 g/mol. The molecule has 3 atom stereocenters. The fraction of sp³-hybridized carbons (Fsp3) is 0.481. The molecule has 40 heavy (non-hydrogen) atoms. The Bertz CT molecular complexity index is 1410. The van der Waals surface area contributed by atoms with Crippen LogP contribution in [0, 0.1) is 5.41 Å². The summed E-state index contributed by atoms with van der Waals surface area (Å²) in [6.07, 6.45) is 2.09. The van der Waals surface area contributed by atoms with Crippen molar-refractivity contribution >= 4 is 44.5 Å². The van der Waals surface area contributed by atoms with Gasteiger partial charge in [0.25, 0.3) is 0 Å². The molecular weight excluding hydrogens is 536 g/mol. The lowest BCUT2D eigenvalue weighted by Gasteiger charge is -2.38. The summed E-state index contributed by atoms with van der Waals surface area (Å²) in [6.45, 7) is 2.33. The summed E-state index contributed by atoms with van der Waals surface area (Å²) >= 11 is 0. The number of carbonyl (C=O) groups is 3. The molecular formula is C27H36N6O6S. The zero-order valence-electron chi connectivity index (χ0n) is 22.6. The number of amides is 2. The zero-order chi connectivity index (χ0) is 29.2. The average Bonchev–Trinajstić information content (AvgIpc) is 3.77. The van der Waals surface area contributed by atoms with E-state index in [1.165, 1.54) is 28.9 Å². The molecule has 0 spiro atoms. The van der Waals surface area contributed by atoms with Gasteiger partial charge in [-0.3, -0.25) is 15.0 Å². The normalized spacial score (nSPS) is 19.1. The predicted molar refractivity (Wildman–Crippen MR) is 149 cm³/mol. The number of rotatable bonds is 10. The number of carboxylic acids is 1. The first-order valence-corrected chi connectivity index (χ1v) is 14.8. The lowest BCUT2D eigenvalue weighted by Crippen LogP contribution is -2.56. The standard InChI is InChI=1S/C27H36N6O6S/c1-17(26(36)37)33(20-10-11-20)25(35)23(15-24(34)31(2)21-8-5-13-32(16-21)27(28)29)30-40(38,39)22-12-9-18-6-3-4-7-19(18)14-22/h3-4,6-7,9,12,14,17,20-21,23,30H,5,8,10-11,13,15-16H2,1-2H3,(H3,28,29)(H,36,37)/t17-,21-,23?/m0/s1. The Morgan fingerprint density at radius 3 is 2.42 bits per heavy atom. The number of likely N-dealkylation sites (tertiary alicyclic amines) is 1. The van der Waals surface area contributed by atoms with Gasteiger partial charge in [0.05, 0.1) is 11.3 Å². The van der Waals surface area contributed by atoms with Crippen molar-refractivity contribution in [1.29, 1.82) is 5.41 Å². The van der Waals surface area contributed by atoms with Crippen LogP contribution in [0.4, 0.5) is 0 Å². The van der Waals surface area contributed by atoms with E-state index in [1.54, 1.807) is 30.1 Å². The second-order valence-electron chi connectivity index (χ2n) is 10.5. The number of benzene rings is 2. The van der Waals surface area contributed by atoms with E-state index in [9.17, 15) is 27.9 Å². The summed E-state index contributed by atoms with van der Waals surface area (Å²) in [6, 6.07) is 8.50. The minimum absolute atomic E-state index is 0.0709. The number of nitrogens with two attached hydrogens (primary N) is 1. The van der Waals surface area contributed by atoms with Crippen LogP contribution in [0.2, 0.25) is 0 Å². The van der Waals surface area contributed by atoms with E-state index in [4.69, 9.17) is 11.1 Å². The van der Waals surface area contributed by atoms with E-state index in [-0.39, 0.29) is 22.9 Å². The molecule has 2 aliphatic rings. The molecule has 0 radical (unpaired) electrons. The van der Waals surface area contributed by atoms with Crippen LogP contribution in [-0.2, 0) is 24.4 Å². The molecule has 1 saturated carbocycles. The molecule has 0 bridgehead atoms. The third-order valence-corrected chi connectivity index (χ3v) is 9.12. The number of nitrogens with zero attached hydrogens (tertiary/aromatic N) is 3. The minimum Gasteiger partial charge on any atom is -0.480 e. The van der Waals surface area contributed by atoms with Gasteiger partial charge in [0, 0.05) is 32.2 Å². The van der Waals surface area contributed by atoms with E-state index in [0.717, 1.165) is 5.39 Å². The number of hydrogen-bond donors (Lipinski definition) is 4. The van der Waals surface area contributed by atoms with Crippen molar-refractivity contribution in [2.45, 2.75) is 68.1 Å². The highest BCUT2D eigenvalue weighted by atomic mass is 32.2. The van der Waals surface area contributed by atoms with Crippen molar-refractivity contribution in [3.8, 4) is 0 Å². The highest BCUT2D eigenvalue weighted by Gasteiger charge is 2.43. The maximum absolute atomic E-state index is 13.8. The summed E-state index contributed by atoms with van der Waals surface area (Å²) < 4.78 is 29.4. The molecule has 4 rings (SSSR count). The van der Waals surface area contributed by atoms with Crippen LogP contribution in [-0.4, -0.2) is 96.3 Å². The molecule has 1 aliphatic heterocycles. The number of likely N-dealkylation sites (N-methyl/N-ethyl adjacent to an activating group) is 1. The maximum Gasteiger partial charge on any atom is 0.326 e. The van der Waals surface area contributed by atoms with Crippen molar-refractivity contribution in [3.05, 3.63) is 42.5 Å². The van der Waals surface area contributed by atoms with Gasteiger partial charge in [-0.1, -0.05) is 30.3 Å². The van der Waals surface area contributed by atoms with Gasteiger partial charge < -0.3 is 25.5 Å². The first-order valence-electron chi connectivity index (χ1n) is 13.3. The van der Waals surface area contributed by atoms with Gasteiger partial charge in [-0.25, -0.2) is 13.2 Å². The van der Waals surface area contributed by atoms with Crippen LogP contribution < -0.4 is 10.5 Å². The highest BCUT2D eigenvalue weighted by molar-refractivity contribution is 7.89. The number of aliphatic carboxylic acids is 1. The molecule has 13 heteroatoms. The quantitative estimate of drug-likeness (QED) is 0.242. The first-order chi connectivity index (χ1) is 18.9. The van der Waals surface area contributed by atoms with Gasteiger partial charge in [-0.05, 0) is 55.5 Å². The van der Waals surface area contributed by atoms with Gasteiger partial charge in [0.1, 0.15) is 12.1 Å². The largest absolute Gasteiger partial charge is 0.480 e. The number of fused-ring (bicyclic) bond motifs is 1. The summed E-state index contributed by atoms with van der Waals surface area (Å²) in [5, 5.41) is 18.9. The Labute approximate surface area is 233 Å². The molecule has 216 valence electrons. The third kappa shape index (κ3) is 6.53. The lowest BCUT2D eigenvalue weighted by molar-refractivity contribution is -0.151. The molecule has 0 aromatic heterocycles. The van der Waals surface area contributed by atoms with E-state index >= 15 is 0 Å². The second kappa shape index (κ2) is 11.8. The SMILES string of the molecule is C[C@@H](C(=O)O)N(C(=O)C(CC(=O)N(C)[C@H]1CCCN(C(=N)N)C1)NS(=O)(=O)c1ccc2ccccc2c1)C1CC1. The molecule has 1 saturated heterocycles. The average molecular weight is 573 g/mol. The van der Waals surface area contributed by atoms with E-state index in [1.807, 2.05) is 12.1 Å². The Kier molecular flexibility index (Phi) is 8.64. The number of carbonyl (C=O) groups excluding carboxylic acids is 2. The molecule has 2 aromatic rings. The smallest absolute Gasteiger partial charge is 0.326 e. The molecule has 1 heterocycles. The molecule has 5 N–H and O–H groups in total. The van der Waals surface area contributed by atoms with Crippen molar-refractivity contribution in [1.82, 2.24) is 19.4 Å². The lowest BCUT2D eigenvalue weighted by atomic mass is 10.0. The van der Waals surface area contributed by atoms with Crippen molar-refractivity contribution < 1.29 is 27.9 Å². The molecule has 2 fully saturated rings. The van der Waals surface area contributed by atoms with E-state index < -0.39 is 46.3 Å². The van der Waals surface area contributed by atoms with Crippen LogP contribution in [0.25, 0.3) is 10.8 Å². The minimum atomic E-state index is -4.27. The number of sulfonamides is 1. The van der Waals surface area contributed by atoms with Crippen LogP contribution >= 0.6 is 0 Å². The number of hydrogen-bond acceptors (Lipinski definition) is 6. The third-order valence-electron chi connectivity index (χ3n) is 7.65. The van der Waals surface area contributed by atoms with Crippen molar-refractivity contribution in [3.63, 3.8) is 0 Å². The molecule has 1 aliphatic carbocycles. The van der Waals surface area contributed by atoms with Gasteiger partial charge >= 0.3 is 5.97 Å². The first kappa shape index (κ1) is 29.3. The number of carboxylic acid groups (broad SMARTS) is 1. The molecule has 1 unspecified atom stereocenters. The van der Waals surface area contributed by atoms with Gasteiger partial charge in [-0.2, -0.15) is 4.72 Å². The number of nitrogens with one attached hydrogen (secondary N) is 2. The fourth-order valence-corrected chi connectivity index (χ4v) is 6.34. The molecule has 2 amide bonds. The highest BCUT2D eigenvalue weighted by Crippen LogP contribution is 2.30. The van der Waals surface area contributed by atoms with Crippen LogP contribution in [0.15, 0.2) is 47.4 Å². The number of guanidine groups is 1. The van der Waals surface area contributed by atoms with Crippen molar-refractivity contribution in [2.75, 3.05) is 20.1 Å². The van der Waals surface area contributed by atoms with Gasteiger partial charge in [0.2, 0.25) is 21.8 Å². The topological polar surface area (TPSA) is 177 Å². The fourth-order valence-electron chi connectivity index (χ4n) is 5.12. The Morgan fingerprint density at radius 1 is 1.12 bits per heavy atom. The molecule has 2 aromatic carbocycles. The van der Waals surface area contributed by atoms with Crippen molar-refractivity contribution in [2.24, 2.45) is 5.73 Å². The zero-order valence-corrected chi connectivity index (χ0v) is 23.4. The summed E-state index contributed by atoms with van der Waals surface area (Å²) in [7, 11) is -2.69. The predicted octanol–water partition coefficient (Wildman–Crippen LogP) is 1.16. The summed E-state index contributed by atoms with van der Waals surface area (Å²) in [5.74, 6) is -2.54. The number of piperidine rings is 1. The Balaban J connectivity index is 1.61. The summed E-state index contributed by atoms with van der Waals surface area (Å²) in [4.78, 5) is 43.3. The van der Waals surface area contributed by atoms with Gasteiger partial charge in [-0.15, -0.1) is 0 Å². The van der Waals surface area contributed by atoms with Gasteiger partial charge in [0.15, 0.2) is 5.96 Å². The van der Waals surface area contributed by atoms with E-state index in [2.05, 4.69) is 4.72 Å². The van der Waals surface area contributed by atoms with Crippen LogP contribution in [0.3, 0.4) is 0 Å². The summed E-state index contributed by atoms with van der Waals surface area (Å²) in [5.41, 5.74) is 5.64. The maximum atomic E-state index is 13.8.